The summed E-state index contributed by atoms with van der Waals surface area (Å²) in [5, 5.41) is 10.3. The zero-order valence-electron chi connectivity index (χ0n) is 19.9. The minimum atomic E-state index is -3.81. The summed E-state index contributed by atoms with van der Waals surface area (Å²) in [5.41, 5.74) is 25.4. The van der Waals surface area contributed by atoms with Crippen LogP contribution >= 0.6 is 0 Å². The van der Waals surface area contributed by atoms with Gasteiger partial charge in [-0.3, -0.25) is 4.18 Å². The highest BCUT2D eigenvalue weighted by molar-refractivity contribution is 7.86. The van der Waals surface area contributed by atoms with Crippen LogP contribution in [0.5, 0.6) is 0 Å². The van der Waals surface area contributed by atoms with Crippen molar-refractivity contribution >= 4 is 10.1 Å². The predicted octanol–water partition coefficient (Wildman–Crippen LogP) is 3.44. The van der Waals surface area contributed by atoms with Gasteiger partial charge in [-0.15, -0.1) is 0 Å². The Morgan fingerprint density at radius 3 is 1.58 bits per heavy atom. The van der Waals surface area contributed by atoms with Crippen LogP contribution in [0.4, 0.5) is 0 Å². The van der Waals surface area contributed by atoms with Gasteiger partial charge in [0.15, 0.2) is 0 Å². The van der Waals surface area contributed by atoms with Crippen LogP contribution in [0.15, 0.2) is 44.5 Å². The van der Waals surface area contributed by atoms with Gasteiger partial charge in [0.05, 0.1) is 83.0 Å². The Kier molecular flexibility index (Phi) is 15.6. The summed E-state index contributed by atoms with van der Waals surface area (Å²) in [5.74, 6) is 0. The Labute approximate surface area is 208 Å². The highest BCUT2D eigenvalue weighted by Gasteiger charge is 2.29. The van der Waals surface area contributed by atoms with Gasteiger partial charge in [0, 0.05) is 14.7 Å². The molecule has 0 spiro atoms. The van der Waals surface area contributed by atoms with E-state index in [0.29, 0.717) is 0 Å². The van der Waals surface area contributed by atoms with Gasteiger partial charge in [-0.1, -0.05) is 33.0 Å². The van der Waals surface area contributed by atoms with Gasteiger partial charge in [0.1, 0.15) is 0 Å². The zero-order chi connectivity index (χ0) is 26.5. The number of azide groups is 3. The maximum Gasteiger partial charge on any atom is 0.297 e. The summed E-state index contributed by atoms with van der Waals surface area (Å²) in [6.45, 7) is 2.57. The van der Waals surface area contributed by atoms with Crippen molar-refractivity contribution in [2.75, 3.05) is 72.5 Å². The van der Waals surface area contributed by atoms with Gasteiger partial charge in [0.25, 0.3) is 10.1 Å². The zero-order valence-corrected chi connectivity index (χ0v) is 20.7. The average Bonchev–Trinajstić information content (AvgIpc) is 2.87. The predicted molar refractivity (Wildman–Crippen MR) is 127 cm³/mol. The summed E-state index contributed by atoms with van der Waals surface area (Å²) >= 11 is 0. The second-order valence-electron chi connectivity index (χ2n) is 7.12. The molecule has 1 aromatic rings. The molecule has 0 saturated carbocycles. The largest absolute Gasteiger partial charge is 0.377 e. The molecular formula is C19H29N9O7S. The minimum absolute atomic E-state index is 0.0669. The van der Waals surface area contributed by atoms with Crippen LogP contribution in [0.25, 0.3) is 31.3 Å². The molecule has 0 fully saturated rings. The first-order valence-corrected chi connectivity index (χ1v) is 12.2. The lowest BCUT2D eigenvalue weighted by Crippen LogP contribution is -2.43. The van der Waals surface area contributed by atoms with E-state index in [0.717, 1.165) is 5.56 Å². The maximum atomic E-state index is 12.0. The third-order valence-electron chi connectivity index (χ3n) is 4.42. The molecule has 0 saturated heterocycles. The number of nitrogens with zero attached hydrogens (tertiary/aromatic N) is 9. The molecule has 16 nitrogen and oxygen atoms in total. The van der Waals surface area contributed by atoms with E-state index in [1.807, 2.05) is 6.92 Å². The van der Waals surface area contributed by atoms with Crippen molar-refractivity contribution in [2.45, 2.75) is 17.4 Å². The van der Waals surface area contributed by atoms with Crippen LogP contribution in [0, 0.1) is 6.92 Å². The van der Waals surface area contributed by atoms with E-state index in [9.17, 15) is 8.42 Å². The Bertz CT molecular complexity index is 970. The van der Waals surface area contributed by atoms with E-state index in [1.54, 1.807) is 12.1 Å². The van der Waals surface area contributed by atoms with E-state index in [1.165, 1.54) is 12.1 Å². The summed E-state index contributed by atoms with van der Waals surface area (Å²) in [6, 6.07) is 6.36. The Balaban J connectivity index is 2.14. The van der Waals surface area contributed by atoms with Gasteiger partial charge < -0.3 is 18.9 Å². The number of rotatable bonds is 21. The molecule has 0 unspecified atom stereocenters. The maximum absolute atomic E-state index is 12.0. The number of benzene rings is 1. The SMILES string of the molecule is Cc1ccc(S(=O)(=O)OCCOCCOCCOCCOC(CN=[N+]=[N-])(CN=[N+]=[N-])CN=[N+]=[N-])cc1. The van der Waals surface area contributed by atoms with Crippen molar-refractivity contribution in [3.63, 3.8) is 0 Å². The highest BCUT2D eigenvalue weighted by Crippen LogP contribution is 2.15. The van der Waals surface area contributed by atoms with Crippen LogP contribution in [-0.4, -0.2) is 86.5 Å². The fraction of sp³-hybridized carbons (Fsp3) is 0.684. The van der Waals surface area contributed by atoms with E-state index < -0.39 is 15.7 Å². The van der Waals surface area contributed by atoms with Gasteiger partial charge in [-0.05, 0) is 35.6 Å². The van der Waals surface area contributed by atoms with Crippen molar-refractivity contribution in [1.82, 2.24) is 0 Å². The molecule has 0 aliphatic carbocycles. The van der Waals surface area contributed by atoms with Crippen molar-refractivity contribution in [3.8, 4) is 0 Å². The number of ether oxygens (including phenoxy) is 4. The number of aryl methyl sites for hydroxylation is 1. The molecule has 198 valence electrons. The van der Waals surface area contributed by atoms with Crippen LogP contribution in [-0.2, 0) is 33.2 Å². The molecule has 0 N–H and O–H groups in total. The first kappa shape index (κ1) is 30.9. The van der Waals surface area contributed by atoms with Crippen molar-refractivity contribution in [2.24, 2.45) is 15.3 Å². The monoisotopic (exact) mass is 527 g/mol. The molecule has 0 atom stereocenters. The van der Waals surface area contributed by atoms with E-state index >= 15 is 0 Å². The molecule has 17 heteroatoms. The van der Waals surface area contributed by atoms with E-state index in [-0.39, 0.29) is 77.4 Å². The fourth-order valence-electron chi connectivity index (χ4n) is 2.60. The third-order valence-corrected chi connectivity index (χ3v) is 5.75. The molecule has 0 aliphatic rings. The summed E-state index contributed by atoms with van der Waals surface area (Å²) in [6.07, 6.45) is 0. The third kappa shape index (κ3) is 13.1. The van der Waals surface area contributed by atoms with Crippen LogP contribution in [0.3, 0.4) is 0 Å². The molecule has 1 rings (SSSR count). The van der Waals surface area contributed by atoms with Crippen LogP contribution < -0.4 is 0 Å². The second-order valence-corrected chi connectivity index (χ2v) is 8.74. The summed E-state index contributed by atoms with van der Waals surface area (Å²) in [4.78, 5) is 8.06. The van der Waals surface area contributed by atoms with Crippen LogP contribution in [0.1, 0.15) is 5.56 Å². The Morgan fingerprint density at radius 1 is 0.722 bits per heavy atom. The quantitative estimate of drug-likeness (QED) is 0.0759. The van der Waals surface area contributed by atoms with Gasteiger partial charge >= 0.3 is 0 Å². The van der Waals surface area contributed by atoms with Gasteiger partial charge in [0.2, 0.25) is 0 Å². The molecule has 0 heterocycles. The summed E-state index contributed by atoms with van der Waals surface area (Å²) < 4.78 is 50.7. The highest BCUT2D eigenvalue weighted by atomic mass is 32.2. The molecule has 0 aliphatic heterocycles. The summed E-state index contributed by atoms with van der Waals surface area (Å²) in [7, 11) is -3.81. The molecule has 0 radical (unpaired) electrons. The topological polar surface area (TPSA) is 227 Å². The Morgan fingerprint density at radius 2 is 1.14 bits per heavy atom. The van der Waals surface area contributed by atoms with E-state index in [4.69, 9.17) is 39.7 Å². The first-order chi connectivity index (χ1) is 17.4. The van der Waals surface area contributed by atoms with Gasteiger partial charge in [-0.2, -0.15) is 8.42 Å². The molecule has 0 amide bonds. The van der Waals surface area contributed by atoms with E-state index in [2.05, 4.69) is 30.1 Å². The lowest BCUT2D eigenvalue weighted by molar-refractivity contribution is -0.0582. The van der Waals surface area contributed by atoms with Crippen molar-refractivity contribution < 1.29 is 31.5 Å². The Hall–Kier alpha value is -3.10. The first-order valence-electron chi connectivity index (χ1n) is 10.7. The van der Waals surface area contributed by atoms with Crippen molar-refractivity contribution in [3.05, 3.63) is 61.2 Å². The fourth-order valence-corrected chi connectivity index (χ4v) is 3.50. The van der Waals surface area contributed by atoms with Gasteiger partial charge in [-0.25, -0.2) is 0 Å². The average molecular weight is 528 g/mol. The molecular weight excluding hydrogens is 498 g/mol. The molecule has 0 aromatic heterocycles. The standard InChI is InChI=1S/C19H29N9O7S/c1-17-2-4-18(5-3-17)36(29,30)35-13-11-33-9-7-31-6-8-32-10-12-34-19(14-23-26-20,15-24-27-21)16-25-28-22/h2-5H,6-16H2,1H3. The normalized spacial score (nSPS) is 12.6. The lowest BCUT2D eigenvalue weighted by atomic mass is 10.1. The van der Waals surface area contributed by atoms with Crippen LogP contribution in [0.2, 0.25) is 0 Å². The molecule has 36 heavy (non-hydrogen) atoms. The number of hydrogen-bond acceptors (Lipinski definition) is 10. The minimum Gasteiger partial charge on any atom is -0.377 e. The smallest absolute Gasteiger partial charge is 0.297 e. The lowest BCUT2D eigenvalue weighted by Gasteiger charge is -2.29. The second kappa shape index (κ2) is 18.2. The molecule has 1 aromatic carbocycles. The molecule has 0 bridgehead atoms. The number of hydrogen-bond donors (Lipinski definition) is 0. The van der Waals surface area contributed by atoms with Crippen molar-refractivity contribution in [1.29, 1.82) is 0 Å².